The summed E-state index contributed by atoms with van der Waals surface area (Å²) >= 11 is 0. The summed E-state index contributed by atoms with van der Waals surface area (Å²) in [4.78, 5) is 15.9. The third-order valence-corrected chi connectivity index (χ3v) is 7.42. The van der Waals surface area contributed by atoms with Crippen LogP contribution in [-0.2, 0) is 10.0 Å². The zero-order valence-electron chi connectivity index (χ0n) is 14.9. The van der Waals surface area contributed by atoms with Crippen LogP contribution in [0.1, 0.15) is 38.5 Å². The highest BCUT2D eigenvalue weighted by Crippen LogP contribution is 2.46. The topological polar surface area (TPSA) is 107 Å². The third-order valence-electron chi connectivity index (χ3n) is 6.12. The first-order valence-electron chi connectivity index (χ1n) is 9.16. The van der Waals surface area contributed by atoms with Crippen LogP contribution in [0.3, 0.4) is 0 Å². The molecule has 144 valence electrons. The maximum absolute atomic E-state index is 11.9. The van der Waals surface area contributed by atoms with Crippen molar-refractivity contribution in [2.24, 2.45) is 5.73 Å². The van der Waals surface area contributed by atoms with E-state index in [9.17, 15) is 18.3 Å². The number of aliphatic hydroxyl groups excluding tert-OH is 1. The Morgan fingerprint density at radius 3 is 2.52 bits per heavy atom. The lowest BCUT2D eigenvalue weighted by Crippen LogP contribution is -2.57. The summed E-state index contributed by atoms with van der Waals surface area (Å²) in [5, 5.41) is 10.6. The predicted molar refractivity (Wildman–Crippen MR) is 94.5 cm³/mol. The van der Waals surface area contributed by atoms with Gasteiger partial charge in [-0.2, -0.15) is 4.31 Å². The fraction of sp³-hybridized carbons (Fsp3) is 0.938. The third kappa shape index (κ3) is 3.94. The van der Waals surface area contributed by atoms with Gasteiger partial charge in [0.05, 0.1) is 12.4 Å². The highest BCUT2D eigenvalue weighted by atomic mass is 32.2. The summed E-state index contributed by atoms with van der Waals surface area (Å²) < 4.78 is 24.6. The van der Waals surface area contributed by atoms with Crippen molar-refractivity contribution in [1.82, 2.24) is 14.1 Å². The number of carbonyl (C=O) groups is 1. The van der Waals surface area contributed by atoms with Crippen LogP contribution in [-0.4, -0.2) is 90.3 Å². The Bertz CT molecular complexity index is 601. The molecule has 3 atom stereocenters. The van der Waals surface area contributed by atoms with Crippen LogP contribution in [0.5, 0.6) is 0 Å². The molecular weight excluding hydrogens is 344 g/mol. The smallest absolute Gasteiger partial charge is 0.315 e. The van der Waals surface area contributed by atoms with Gasteiger partial charge in [-0.3, -0.25) is 4.90 Å². The number of urea groups is 1. The Balaban J connectivity index is 1.56. The van der Waals surface area contributed by atoms with E-state index in [0.29, 0.717) is 39.1 Å². The molecule has 3 rings (SSSR count). The zero-order chi connectivity index (χ0) is 18.2. The van der Waals surface area contributed by atoms with Gasteiger partial charge in [0.25, 0.3) is 0 Å². The van der Waals surface area contributed by atoms with Crippen LogP contribution in [0.4, 0.5) is 4.79 Å². The number of piperazine rings is 1. The van der Waals surface area contributed by atoms with Gasteiger partial charge in [0, 0.05) is 44.3 Å². The van der Waals surface area contributed by atoms with Crippen molar-refractivity contribution < 1.29 is 18.3 Å². The number of amides is 2. The number of carbonyl (C=O) groups excluding carboxylic acids is 1. The number of β-amino-alcohol motifs (C(OH)–C–C–N with tert-alkyl or cyclic N) is 1. The lowest BCUT2D eigenvalue weighted by Gasteiger charge is -2.45. The number of piperidine rings is 1. The molecule has 3 saturated heterocycles. The summed E-state index contributed by atoms with van der Waals surface area (Å²) in [6, 6.07) is -0.132. The van der Waals surface area contributed by atoms with Crippen LogP contribution in [0.15, 0.2) is 0 Å². The molecule has 2 bridgehead atoms. The molecule has 1 unspecified atom stereocenters. The highest BCUT2D eigenvalue weighted by Gasteiger charge is 2.51. The van der Waals surface area contributed by atoms with Crippen LogP contribution in [0, 0.1) is 0 Å². The maximum Gasteiger partial charge on any atom is 0.315 e. The zero-order valence-corrected chi connectivity index (χ0v) is 15.7. The van der Waals surface area contributed by atoms with Crippen LogP contribution < -0.4 is 5.73 Å². The largest absolute Gasteiger partial charge is 0.392 e. The summed E-state index contributed by atoms with van der Waals surface area (Å²) in [7, 11) is -3.14. The molecule has 0 radical (unpaired) electrons. The Labute approximate surface area is 150 Å². The lowest BCUT2D eigenvalue weighted by molar-refractivity contribution is 0.0191. The van der Waals surface area contributed by atoms with Crippen molar-refractivity contribution in [3.05, 3.63) is 0 Å². The average molecular weight is 375 g/mol. The second kappa shape index (κ2) is 7.02. The number of nitrogens with zero attached hydrogens (tertiary/aromatic N) is 3. The van der Waals surface area contributed by atoms with Crippen molar-refractivity contribution in [3.8, 4) is 0 Å². The van der Waals surface area contributed by atoms with E-state index in [2.05, 4.69) is 4.90 Å². The van der Waals surface area contributed by atoms with Crippen molar-refractivity contribution in [2.45, 2.75) is 56.2 Å². The Kier molecular flexibility index (Phi) is 5.30. The van der Waals surface area contributed by atoms with Crippen LogP contribution >= 0.6 is 0 Å². The first kappa shape index (κ1) is 18.9. The lowest BCUT2D eigenvalue weighted by atomic mass is 9.83. The Hall–Kier alpha value is -0.900. The first-order valence-corrected chi connectivity index (χ1v) is 11.0. The molecule has 8 nitrogen and oxygen atoms in total. The van der Waals surface area contributed by atoms with Gasteiger partial charge in [-0.15, -0.1) is 0 Å². The Morgan fingerprint density at radius 2 is 1.92 bits per heavy atom. The number of sulfonamides is 1. The quantitative estimate of drug-likeness (QED) is 0.692. The summed E-state index contributed by atoms with van der Waals surface area (Å²) in [5.41, 5.74) is 5.33. The molecule has 0 aromatic rings. The minimum absolute atomic E-state index is 0.233. The fourth-order valence-corrected chi connectivity index (χ4v) is 5.85. The Morgan fingerprint density at radius 1 is 1.24 bits per heavy atom. The minimum Gasteiger partial charge on any atom is -0.392 e. The number of rotatable bonds is 5. The highest BCUT2D eigenvalue weighted by molar-refractivity contribution is 7.88. The van der Waals surface area contributed by atoms with Gasteiger partial charge in [0.15, 0.2) is 0 Å². The summed E-state index contributed by atoms with van der Waals surface area (Å²) in [5.74, 6) is 0. The van der Waals surface area contributed by atoms with Gasteiger partial charge in [-0.25, -0.2) is 13.2 Å². The van der Waals surface area contributed by atoms with E-state index in [4.69, 9.17) is 5.73 Å². The SMILES string of the molecule is CS(=O)(=O)N1CCN(CC(O)C[C@@]23CCC[C@@H](CC2)N3C(N)=O)CC1. The molecular formula is C16H30N4O4S. The molecule has 3 heterocycles. The van der Waals surface area contributed by atoms with E-state index < -0.39 is 16.1 Å². The molecule has 0 aliphatic carbocycles. The standard InChI is InChI=1S/C16H30N4O4S/c1-25(23,24)19-9-7-18(8-10-19)12-14(21)11-16-5-2-3-13(4-6-16)20(16)15(17)22/h13-14,21H,2-12H2,1H3,(H2,17,22)/t13-,14?,16+/m0/s1. The van der Waals surface area contributed by atoms with E-state index in [-0.39, 0.29) is 17.6 Å². The van der Waals surface area contributed by atoms with Crippen molar-refractivity contribution in [1.29, 1.82) is 0 Å². The monoisotopic (exact) mass is 374 g/mol. The normalized spacial score (nSPS) is 32.7. The first-order chi connectivity index (χ1) is 11.7. The molecule has 3 aliphatic rings. The van der Waals surface area contributed by atoms with Crippen molar-refractivity contribution in [2.75, 3.05) is 39.0 Å². The molecule has 2 amide bonds. The number of nitrogens with two attached hydrogens (primary N) is 1. The summed E-state index contributed by atoms with van der Waals surface area (Å²) in [6.45, 7) is 2.69. The predicted octanol–water partition coefficient (Wildman–Crippen LogP) is -0.220. The number of primary amides is 1. The average Bonchev–Trinajstić information content (AvgIpc) is 2.73. The molecule has 0 aromatic carbocycles. The van der Waals surface area contributed by atoms with Gasteiger partial charge in [-0.1, -0.05) is 0 Å². The van der Waals surface area contributed by atoms with Gasteiger partial charge >= 0.3 is 6.03 Å². The molecule has 0 aromatic heterocycles. The molecule has 0 saturated carbocycles. The van der Waals surface area contributed by atoms with Gasteiger partial charge in [-0.05, 0) is 38.5 Å². The van der Waals surface area contributed by atoms with E-state index in [1.165, 1.54) is 10.6 Å². The van der Waals surface area contributed by atoms with Crippen molar-refractivity contribution >= 4 is 16.1 Å². The van der Waals surface area contributed by atoms with Gasteiger partial charge < -0.3 is 15.7 Å². The number of hydrogen-bond acceptors (Lipinski definition) is 5. The number of hydrogen-bond donors (Lipinski definition) is 2. The van der Waals surface area contributed by atoms with Gasteiger partial charge in [0.1, 0.15) is 0 Å². The van der Waals surface area contributed by atoms with E-state index in [0.717, 1.165) is 32.1 Å². The van der Waals surface area contributed by atoms with Crippen molar-refractivity contribution in [3.63, 3.8) is 0 Å². The van der Waals surface area contributed by atoms with E-state index in [1.54, 1.807) is 0 Å². The van der Waals surface area contributed by atoms with Crippen LogP contribution in [0.2, 0.25) is 0 Å². The van der Waals surface area contributed by atoms with Crippen LogP contribution in [0.25, 0.3) is 0 Å². The fourth-order valence-electron chi connectivity index (χ4n) is 5.02. The molecule has 3 aliphatic heterocycles. The number of aliphatic hydroxyl groups is 1. The van der Waals surface area contributed by atoms with E-state index >= 15 is 0 Å². The molecule has 25 heavy (non-hydrogen) atoms. The molecule has 9 heteroatoms. The molecule has 3 N–H and O–H groups in total. The molecule has 0 spiro atoms. The minimum atomic E-state index is -3.14. The second-order valence-corrected chi connectivity index (χ2v) is 9.82. The summed E-state index contributed by atoms with van der Waals surface area (Å²) in [6.07, 6.45) is 6.13. The van der Waals surface area contributed by atoms with E-state index in [1.807, 2.05) is 4.90 Å². The second-order valence-electron chi connectivity index (χ2n) is 7.84. The maximum atomic E-state index is 11.9. The number of fused-ring (bicyclic) bond motifs is 2. The molecule has 3 fully saturated rings. The van der Waals surface area contributed by atoms with Gasteiger partial charge in [0.2, 0.25) is 10.0 Å².